The third-order valence-electron chi connectivity index (χ3n) is 2.37. The van der Waals surface area contributed by atoms with Crippen LogP contribution in [0.5, 0.6) is 11.9 Å². The van der Waals surface area contributed by atoms with Crippen LogP contribution in [0.1, 0.15) is 25.7 Å². The zero-order chi connectivity index (χ0) is 17.5. The molecule has 0 radical (unpaired) electrons. The van der Waals surface area contributed by atoms with Crippen molar-refractivity contribution < 1.29 is 35.8 Å². The van der Waals surface area contributed by atoms with Gasteiger partial charge >= 0.3 is 18.4 Å². The molecule has 0 spiro atoms. The molecule has 0 saturated heterocycles. The standard InChI is InChI=1S/C12H13BrF6N2O2/c13-8-7-20-10(23-6-2-4-12(17,18)19)21-9(8)22-5-1-3-11(14,15)16/h7H,1-6H2. The number of hydrogen-bond acceptors (Lipinski definition) is 4. The van der Waals surface area contributed by atoms with Gasteiger partial charge in [0.25, 0.3) is 0 Å². The lowest BCUT2D eigenvalue weighted by molar-refractivity contribution is -0.137. The van der Waals surface area contributed by atoms with Gasteiger partial charge in [0.05, 0.1) is 23.9 Å². The van der Waals surface area contributed by atoms with Gasteiger partial charge in [-0.1, -0.05) is 0 Å². The van der Waals surface area contributed by atoms with Gasteiger partial charge in [-0.2, -0.15) is 31.3 Å². The van der Waals surface area contributed by atoms with Crippen molar-refractivity contribution in [1.29, 1.82) is 0 Å². The van der Waals surface area contributed by atoms with E-state index in [1.54, 1.807) is 0 Å². The van der Waals surface area contributed by atoms with Gasteiger partial charge in [0.15, 0.2) is 0 Å². The van der Waals surface area contributed by atoms with Crippen LogP contribution < -0.4 is 9.47 Å². The van der Waals surface area contributed by atoms with Crippen LogP contribution in [-0.4, -0.2) is 35.5 Å². The maximum atomic E-state index is 12.0. The first-order valence-corrected chi connectivity index (χ1v) is 7.28. The van der Waals surface area contributed by atoms with Crippen molar-refractivity contribution in [3.63, 3.8) is 0 Å². The van der Waals surface area contributed by atoms with Gasteiger partial charge in [0.2, 0.25) is 5.88 Å². The summed E-state index contributed by atoms with van der Waals surface area (Å²) in [6, 6.07) is -0.207. The van der Waals surface area contributed by atoms with E-state index in [0.29, 0.717) is 4.47 Å². The number of aromatic nitrogens is 2. The molecular formula is C12H13BrF6N2O2. The van der Waals surface area contributed by atoms with Crippen LogP contribution in [-0.2, 0) is 0 Å². The van der Waals surface area contributed by atoms with E-state index in [0.717, 1.165) is 0 Å². The third kappa shape index (κ3) is 9.47. The predicted octanol–water partition coefficient (Wildman–Crippen LogP) is 4.68. The quantitative estimate of drug-likeness (QED) is 0.460. The van der Waals surface area contributed by atoms with Gasteiger partial charge < -0.3 is 9.47 Å². The largest absolute Gasteiger partial charge is 0.477 e. The molecule has 0 aliphatic rings. The molecule has 1 heterocycles. The fraction of sp³-hybridized carbons (Fsp3) is 0.667. The van der Waals surface area contributed by atoms with Crippen molar-refractivity contribution in [2.24, 2.45) is 0 Å². The van der Waals surface area contributed by atoms with Crippen LogP contribution in [0.3, 0.4) is 0 Å². The number of rotatable bonds is 8. The van der Waals surface area contributed by atoms with E-state index in [9.17, 15) is 26.3 Å². The summed E-state index contributed by atoms with van der Waals surface area (Å²) in [5.41, 5.74) is 0. The Balaban J connectivity index is 2.42. The minimum absolute atomic E-state index is 0.0343. The second kappa shape index (κ2) is 8.55. The normalized spacial score (nSPS) is 12.3. The topological polar surface area (TPSA) is 44.2 Å². The van der Waals surface area contributed by atoms with Gasteiger partial charge in [-0.15, -0.1) is 0 Å². The summed E-state index contributed by atoms with van der Waals surface area (Å²) in [7, 11) is 0. The lowest BCUT2D eigenvalue weighted by atomic mass is 10.3. The highest BCUT2D eigenvalue weighted by Crippen LogP contribution is 2.26. The Morgan fingerprint density at radius 1 is 0.913 bits per heavy atom. The highest BCUT2D eigenvalue weighted by molar-refractivity contribution is 9.10. The summed E-state index contributed by atoms with van der Waals surface area (Å²) in [4.78, 5) is 7.49. The fourth-order valence-electron chi connectivity index (χ4n) is 1.38. The molecule has 132 valence electrons. The SMILES string of the molecule is FC(F)(F)CCCOc1ncc(Br)c(OCCCC(F)(F)F)n1. The van der Waals surface area contributed by atoms with Crippen molar-refractivity contribution in [3.05, 3.63) is 10.7 Å². The number of halogens is 7. The molecule has 1 aromatic heterocycles. The monoisotopic (exact) mass is 410 g/mol. The molecule has 0 fully saturated rings. The molecular weight excluding hydrogens is 398 g/mol. The molecule has 0 aromatic carbocycles. The lowest BCUT2D eigenvalue weighted by Crippen LogP contribution is -2.11. The Bertz CT molecular complexity index is 495. The molecule has 0 aliphatic heterocycles. The Kier molecular flexibility index (Phi) is 7.36. The van der Waals surface area contributed by atoms with Crippen LogP contribution in [0.2, 0.25) is 0 Å². The summed E-state index contributed by atoms with van der Waals surface area (Å²) in [6.07, 6.45) is -9.78. The van der Waals surface area contributed by atoms with Crippen molar-refractivity contribution in [1.82, 2.24) is 9.97 Å². The molecule has 0 N–H and O–H groups in total. The first-order chi connectivity index (χ1) is 10.6. The molecule has 0 saturated carbocycles. The van der Waals surface area contributed by atoms with E-state index in [1.165, 1.54) is 6.20 Å². The Morgan fingerprint density at radius 3 is 1.96 bits per heavy atom. The minimum Gasteiger partial charge on any atom is -0.477 e. The fourth-order valence-corrected chi connectivity index (χ4v) is 1.69. The Morgan fingerprint density at radius 2 is 1.43 bits per heavy atom. The molecule has 23 heavy (non-hydrogen) atoms. The van der Waals surface area contributed by atoms with E-state index in [4.69, 9.17) is 9.47 Å². The molecule has 4 nitrogen and oxygen atoms in total. The number of alkyl halides is 6. The maximum absolute atomic E-state index is 12.0. The molecule has 11 heteroatoms. The molecule has 0 aliphatic carbocycles. The smallest absolute Gasteiger partial charge is 0.389 e. The number of ether oxygens (including phenoxy) is 2. The summed E-state index contributed by atoms with van der Waals surface area (Å²) in [6.45, 7) is -0.461. The van der Waals surface area contributed by atoms with Gasteiger partial charge in [-0.3, -0.25) is 0 Å². The van der Waals surface area contributed by atoms with Crippen LogP contribution in [0.15, 0.2) is 10.7 Å². The van der Waals surface area contributed by atoms with E-state index < -0.39 is 25.2 Å². The number of nitrogens with zero attached hydrogens (tertiary/aromatic N) is 2. The van der Waals surface area contributed by atoms with Gasteiger partial charge in [0.1, 0.15) is 0 Å². The number of hydrogen-bond donors (Lipinski definition) is 0. The first kappa shape index (κ1) is 19.8. The molecule has 0 unspecified atom stereocenters. The lowest BCUT2D eigenvalue weighted by Gasteiger charge is -2.10. The highest BCUT2D eigenvalue weighted by Gasteiger charge is 2.27. The van der Waals surface area contributed by atoms with E-state index >= 15 is 0 Å². The summed E-state index contributed by atoms with van der Waals surface area (Å²) >= 11 is 3.05. The summed E-state index contributed by atoms with van der Waals surface area (Å²) in [5, 5.41) is 0. The maximum Gasteiger partial charge on any atom is 0.389 e. The van der Waals surface area contributed by atoms with Crippen molar-refractivity contribution in [2.45, 2.75) is 38.0 Å². The summed E-state index contributed by atoms with van der Waals surface area (Å²) in [5.74, 6) is -0.0343. The molecule has 1 rings (SSSR count). The van der Waals surface area contributed by atoms with Crippen LogP contribution in [0, 0.1) is 0 Å². The zero-order valence-electron chi connectivity index (χ0n) is 11.7. The second-order valence-electron chi connectivity index (χ2n) is 4.44. The third-order valence-corrected chi connectivity index (χ3v) is 2.91. The average Bonchev–Trinajstić information content (AvgIpc) is 2.40. The van der Waals surface area contributed by atoms with Gasteiger partial charge in [-0.05, 0) is 28.8 Å². The highest BCUT2D eigenvalue weighted by atomic mass is 79.9. The van der Waals surface area contributed by atoms with Crippen molar-refractivity contribution >= 4 is 15.9 Å². The zero-order valence-corrected chi connectivity index (χ0v) is 13.3. The predicted molar refractivity (Wildman–Crippen MR) is 71.3 cm³/mol. The van der Waals surface area contributed by atoms with Crippen molar-refractivity contribution in [3.8, 4) is 11.9 Å². The van der Waals surface area contributed by atoms with Crippen LogP contribution in [0.4, 0.5) is 26.3 Å². The second-order valence-corrected chi connectivity index (χ2v) is 5.29. The Hall–Kier alpha value is -1.26. The minimum atomic E-state index is -4.27. The summed E-state index contributed by atoms with van der Waals surface area (Å²) < 4.78 is 82.2. The first-order valence-electron chi connectivity index (χ1n) is 6.48. The van der Waals surface area contributed by atoms with Gasteiger partial charge in [-0.25, -0.2) is 4.98 Å². The van der Waals surface area contributed by atoms with Crippen molar-refractivity contribution in [2.75, 3.05) is 13.2 Å². The van der Waals surface area contributed by atoms with Crippen LogP contribution >= 0.6 is 15.9 Å². The van der Waals surface area contributed by atoms with E-state index in [1.807, 2.05) is 0 Å². The molecule has 0 amide bonds. The van der Waals surface area contributed by atoms with E-state index in [-0.39, 0.29) is 37.9 Å². The van der Waals surface area contributed by atoms with E-state index in [2.05, 4.69) is 25.9 Å². The molecule has 0 atom stereocenters. The Labute approximate surface area is 136 Å². The van der Waals surface area contributed by atoms with Gasteiger partial charge in [0, 0.05) is 12.8 Å². The molecule has 1 aromatic rings. The molecule has 0 bridgehead atoms. The van der Waals surface area contributed by atoms with Crippen LogP contribution in [0.25, 0.3) is 0 Å². The average molecular weight is 411 g/mol.